The number of tetrazole rings is 1. The molecule has 7 atom stereocenters. The number of amides is 3. The van der Waals surface area contributed by atoms with Gasteiger partial charge < -0.3 is 31.3 Å². The van der Waals surface area contributed by atoms with Crippen LogP contribution in [0, 0.1) is 18.8 Å². The summed E-state index contributed by atoms with van der Waals surface area (Å²) in [4.78, 5) is 54.7. The second kappa shape index (κ2) is 10.3. The summed E-state index contributed by atoms with van der Waals surface area (Å²) in [6, 6.07) is -1.18. The molecule has 3 amide bonds. The Balaban J connectivity index is 1.23. The van der Waals surface area contributed by atoms with Gasteiger partial charge in [0.25, 0.3) is 0 Å². The molecule has 3 saturated heterocycles. The molecule has 4 aliphatic heterocycles. The number of nitrogens with zero attached hydrogens (tertiary/aromatic N) is 6. The van der Waals surface area contributed by atoms with E-state index in [1.807, 2.05) is 6.92 Å². The van der Waals surface area contributed by atoms with E-state index >= 15 is 0 Å². The number of carboxylic acid groups (broad SMARTS) is 1. The first-order chi connectivity index (χ1) is 18.1. The molecular formula is C23H33N9O5S. The molecule has 15 heteroatoms. The summed E-state index contributed by atoms with van der Waals surface area (Å²) >= 11 is 1.44. The highest BCUT2D eigenvalue weighted by Crippen LogP contribution is 2.51. The second-order valence-electron chi connectivity index (χ2n) is 10.5. The average molecular weight is 548 g/mol. The van der Waals surface area contributed by atoms with Gasteiger partial charge in [0.05, 0.1) is 18.0 Å². The molecule has 5 rings (SSSR count). The van der Waals surface area contributed by atoms with Gasteiger partial charge in [0.15, 0.2) is 0 Å². The van der Waals surface area contributed by atoms with E-state index in [1.54, 1.807) is 18.7 Å². The van der Waals surface area contributed by atoms with Gasteiger partial charge >= 0.3 is 5.97 Å². The van der Waals surface area contributed by atoms with E-state index in [2.05, 4.69) is 26.2 Å². The SMILES string of the molecule is Cc1nnnn1CC(=O)N[C@H](C)[C@H]1C(=O)N2C(C(=O)O)=C(SC3CNC(C(=O)N4CC[C@@H](N)C4)C3)[C@H](C)[C@H]12. The second-order valence-corrected chi connectivity index (χ2v) is 11.9. The summed E-state index contributed by atoms with van der Waals surface area (Å²) < 4.78 is 1.36. The Bertz CT molecular complexity index is 1190. The lowest BCUT2D eigenvalue weighted by Crippen LogP contribution is -2.66. The van der Waals surface area contributed by atoms with Crippen LogP contribution in [-0.4, -0.2) is 108 Å². The van der Waals surface area contributed by atoms with Crippen molar-refractivity contribution in [1.29, 1.82) is 0 Å². The van der Waals surface area contributed by atoms with Crippen LogP contribution < -0.4 is 16.4 Å². The standard InChI is InChI=1S/C23H33N9O5S/c1-10-18-17(11(2)26-16(33)9-31-12(3)27-28-29-31)22(35)32(18)19(23(36)37)20(10)38-14-6-15(25-7-14)21(34)30-5-4-13(24)8-30/h10-11,13-15,17-18,25H,4-9,24H2,1-3H3,(H,26,33)(H,36,37)/t10-,11-,13-,14?,15?,17-,18-/m1/s1. The van der Waals surface area contributed by atoms with Crippen LogP contribution in [-0.2, 0) is 25.7 Å². The number of aryl methyl sites for hydroxylation is 1. The predicted molar refractivity (Wildman–Crippen MR) is 135 cm³/mol. The zero-order valence-corrected chi connectivity index (χ0v) is 22.3. The van der Waals surface area contributed by atoms with Crippen molar-refractivity contribution in [3.05, 3.63) is 16.4 Å². The van der Waals surface area contributed by atoms with Crippen molar-refractivity contribution >= 4 is 35.5 Å². The van der Waals surface area contributed by atoms with E-state index < -0.39 is 17.9 Å². The number of β-lactam (4-membered cyclic amide) rings is 1. The molecule has 4 aliphatic rings. The molecule has 2 unspecified atom stereocenters. The van der Waals surface area contributed by atoms with Gasteiger partial charge in [-0.3, -0.25) is 14.4 Å². The molecule has 1 aromatic rings. The van der Waals surface area contributed by atoms with Gasteiger partial charge in [0.1, 0.15) is 18.1 Å². The highest BCUT2D eigenvalue weighted by atomic mass is 32.2. The Labute approximate surface area is 223 Å². The monoisotopic (exact) mass is 547 g/mol. The predicted octanol–water partition coefficient (Wildman–Crippen LogP) is -1.72. The Morgan fingerprint density at radius 1 is 1.34 bits per heavy atom. The quantitative estimate of drug-likeness (QED) is 0.271. The summed E-state index contributed by atoms with van der Waals surface area (Å²) in [5, 5.41) is 27.2. The minimum atomic E-state index is -1.15. The van der Waals surface area contributed by atoms with Gasteiger partial charge in [-0.2, -0.15) is 0 Å². The summed E-state index contributed by atoms with van der Waals surface area (Å²) in [7, 11) is 0. The highest BCUT2D eigenvalue weighted by molar-refractivity contribution is 8.03. The van der Waals surface area contributed by atoms with Gasteiger partial charge in [-0.15, -0.1) is 16.9 Å². The van der Waals surface area contributed by atoms with Crippen molar-refractivity contribution in [2.45, 2.75) is 69.6 Å². The molecule has 0 bridgehead atoms. The van der Waals surface area contributed by atoms with Crippen molar-refractivity contribution < 1.29 is 24.3 Å². The van der Waals surface area contributed by atoms with Crippen molar-refractivity contribution in [3.63, 3.8) is 0 Å². The van der Waals surface area contributed by atoms with Crippen LogP contribution in [0.15, 0.2) is 10.6 Å². The number of carbonyl (C=O) groups excluding carboxylic acids is 3. The number of nitrogens with two attached hydrogens (primary N) is 1. The zero-order chi connectivity index (χ0) is 27.3. The molecule has 0 aliphatic carbocycles. The van der Waals surface area contributed by atoms with Crippen LogP contribution >= 0.6 is 11.8 Å². The fraction of sp³-hybridized carbons (Fsp3) is 0.696. The number of nitrogens with one attached hydrogen (secondary N) is 2. The van der Waals surface area contributed by atoms with E-state index in [0.717, 1.165) is 6.42 Å². The Morgan fingerprint density at radius 3 is 2.74 bits per heavy atom. The number of carboxylic acids is 1. The number of rotatable bonds is 8. The largest absolute Gasteiger partial charge is 0.477 e. The minimum absolute atomic E-state index is 0.00376. The summed E-state index contributed by atoms with van der Waals surface area (Å²) in [6.07, 6.45) is 1.37. The number of likely N-dealkylation sites (tertiary alicyclic amines) is 1. The summed E-state index contributed by atoms with van der Waals surface area (Å²) in [5.41, 5.74) is 5.96. The van der Waals surface area contributed by atoms with E-state index in [9.17, 15) is 24.3 Å². The molecule has 3 fully saturated rings. The number of carbonyl (C=O) groups is 4. The molecule has 38 heavy (non-hydrogen) atoms. The van der Waals surface area contributed by atoms with Crippen molar-refractivity contribution in [2.75, 3.05) is 19.6 Å². The molecule has 0 aromatic carbocycles. The molecule has 0 saturated carbocycles. The first-order valence-electron chi connectivity index (χ1n) is 12.8. The molecule has 0 radical (unpaired) electrons. The molecule has 1 aromatic heterocycles. The third kappa shape index (κ3) is 4.66. The average Bonchev–Trinajstić information content (AvgIpc) is 3.63. The number of aromatic nitrogens is 4. The van der Waals surface area contributed by atoms with Crippen LogP contribution in [0.2, 0.25) is 0 Å². The Hall–Kier alpha value is -3.04. The fourth-order valence-electron chi connectivity index (χ4n) is 5.99. The molecule has 206 valence electrons. The molecule has 14 nitrogen and oxygen atoms in total. The minimum Gasteiger partial charge on any atom is -0.477 e. The van der Waals surface area contributed by atoms with Gasteiger partial charge in [0.2, 0.25) is 17.7 Å². The molecular weight excluding hydrogens is 514 g/mol. The first kappa shape index (κ1) is 26.6. The highest BCUT2D eigenvalue weighted by Gasteiger charge is 2.60. The van der Waals surface area contributed by atoms with Crippen LogP contribution in [0.5, 0.6) is 0 Å². The zero-order valence-electron chi connectivity index (χ0n) is 21.5. The van der Waals surface area contributed by atoms with E-state index in [0.29, 0.717) is 36.8 Å². The van der Waals surface area contributed by atoms with Crippen LogP contribution in [0.25, 0.3) is 0 Å². The summed E-state index contributed by atoms with van der Waals surface area (Å²) in [6.45, 7) is 7.06. The van der Waals surface area contributed by atoms with Gasteiger partial charge in [0, 0.05) is 47.8 Å². The Morgan fingerprint density at radius 2 is 2.11 bits per heavy atom. The van der Waals surface area contributed by atoms with Crippen molar-refractivity contribution in [3.8, 4) is 0 Å². The fourth-order valence-corrected chi connectivity index (χ4v) is 7.46. The van der Waals surface area contributed by atoms with Gasteiger partial charge in [-0.25, -0.2) is 9.48 Å². The molecule has 0 spiro atoms. The number of aliphatic carboxylic acids is 1. The number of fused-ring (bicyclic) bond motifs is 1. The van der Waals surface area contributed by atoms with Crippen LogP contribution in [0.1, 0.15) is 32.5 Å². The smallest absolute Gasteiger partial charge is 0.353 e. The molecule has 5 heterocycles. The third-order valence-corrected chi connectivity index (χ3v) is 9.45. The lowest BCUT2D eigenvalue weighted by atomic mass is 9.78. The van der Waals surface area contributed by atoms with Gasteiger partial charge in [-0.1, -0.05) is 6.92 Å². The van der Waals surface area contributed by atoms with Gasteiger partial charge in [-0.05, 0) is 37.1 Å². The van der Waals surface area contributed by atoms with E-state index in [4.69, 9.17) is 5.73 Å². The van der Waals surface area contributed by atoms with Crippen LogP contribution in [0.3, 0.4) is 0 Å². The number of thioether (sulfide) groups is 1. The summed E-state index contributed by atoms with van der Waals surface area (Å²) in [5.74, 6) is -2.04. The molecule has 5 N–H and O–H groups in total. The topological polar surface area (TPSA) is 189 Å². The Kier molecular flexibility index (Phi) is 7.17. The maximum absolute atomic E-state index is 13.2. The maximum Gasteiger partial charge on any atom is 0.353 e. The van der Waals surface area contributed by atoms with E-state index in [1.165, 1.54) is 21.3 Å². The van der Waals surface area contributed by atoms with Crippen LogP contribution in [0.4, 0.5) is 0 Å². The van der Waals surface area contributed by atoms with E-state index in [-0.39, 0.29) is 59.3 Å². The third-order valence-electron chi connectivity index (χ3n) is 7.94. The van der Waals surface area contributed by atoms with Crippen molar-refractivity contribution in [1.82, 2.24) is 40.6 Å². The lowest BCUT2D eigenvalue weighted by molar-refractivity contribution is -0.158. The number of hydrogen-bond donors (Lipinski definition) is 4. The maximum atomic E-state index is 13.2. The number of hydrogen-bond acceptors (Lipinski definition) is 10. The normalized spacial score (nSPS) is 31.4. The van der Waals surface area contributed by atoms with Crippen molar-refractivity contribution in [2.24, 2.45) is 17.6 Å². The lowest BCUT2D eigenvalue weighted by Gasteiger charge is -2.47. The first-order valence-corrected chi connectivity index (χ1v) is 13.7.